The molecule has 482 valence electrons. The Bertz CT molecular complexity index is 3880. The van der Waals surface area contributed by atoms with Gasteiger partial charge in [0, 0.05) is 44.3 Å². The minimum atomic E-state index is -0.730. The second-order valence-electron chi connectivity index (χ2n) is 29.8. The van der Waals surface area contributed by atoms with Crippen molar-refractivity contribution in [3.8, 4) is 56.0 Å². The van der Waals surface area contributed by atoms with Crippen LogP contribution in [-0.2, 0) is 59.8 Å². The molecule has 0 saturated heterocycles. The highest BCUT2D eigenvalue weighted by Crippen LogP contribution is 2.43. The number of H-pyrrole nitrogens is 2. The van der Waals surface area contributed by atoms with Gasteiger partial charge in [-0.1, -0.05) is 144 Å². The third-order valence-electron chi connectivity index (χ3n) is 15.6. The Morgan fingerprint density at radius 2 is 0.641 bits per heavy atom. The summed E-state index contributed by atoms with van der Waals surface area (Å²) < 4.78 is 34.0. The van der Waals surface area contributed by atoms with E-state index in [4.69, 9.17) is 38.4 Å². The van der Waals surface area contributed by atoms with Crippen LogP contribution in [0.3, 0.4) is 0 Å². The minimum absolute atomic E-state index is 0.0406. The van der Waals surface area contributed by atoms with E-state index in [1.54, 1.807) is 41.5 Å². The number of carbonyl (C=O) groups excluding carboxylic acids is 4. The van der Waals surface area contributed by atoms with Crippen LogP contribution < -0.4 is 9.47 Å². The number of nitrogens with zero attached hydrogens (tertiary/aromatic N) is 2. The van der Waals surface area contributed by atoms with Crippen LogP contribution in [0, 0.1) is 0 Å². The van der Waals surface area contributed by atoms with Gasteiger partial charge in [0.05, 0.1) is 22.8 Å². The van der Waals surface area contributed by atoms with Gasteiger partial charge in [-0.3, -0.25) is 19.2 Å². The van der Waals surface area contributed by atoms with Crippen LogP contribution in [0.25, 0.3) is 90.9 Å². The Labute approximate surface area is 542 Å². The first-order valence-corrected chi connectivity index (χ1v) is 31.7. The van der Waals surface area contributed by atoms with Crippen molar-refractivity contribution in [1.29, 1.82) is 0 Å². The Balaban J connectivity index is 1.28. The number of carbonyl (C=O) groups is 4. The summed E-state index contributed by atoms with van der Waals surface area (Å²) in [6.45, 7) is 37.3. The fourth-order valence-electron chi connectivity index (χ4n) is 10.9. The molecule has 0 aliphatic carbocycles. The van der Waals surface area contributed by atoms with Gasteiger partial charge in [0.25, 0.3) is 0 Å². The fourth-order valence-corrected chi connectivity index (χ4v) is 10.9. The number of hydrogen-bond acceptors (Lipinski definition) is 12. The number of aromatic nitrogens is 4. The molecule has 3 aromatic heterocycles. The number of esters is 4. The average molecular weight is 1240 g/mol. The maximum absolute atomic E-state index is 12.7. The number of aromatic amines is 2. The quantitative estimate of drug-likeness (QED) is 0.0405. The van der Waals surface area contributed by atoms with E-state index in [1.807, 2.05) is 48.5 Å². The molecule has 2 aliphatic heterocycles. The zero-order chi connectivity index (χ0) is 66.9. The first-order chi connectivity index (χ1) is 43.0. The fraction of sp³-hybridized carbons (Fsp3) is 0.385. The van der Waals surface area contributed by atoms with Gasteiger partial charge in [-0.15, -0.1) is 0 Å². The van der Waals surface area contributed by atoms with E-state index in [-0.39, 0.29) is 48.1 Å². The molecule has 4 aromatic carbocycles. The van der Waals surface area contributed by atoms with Crippen LogP contribution in [0.15, 0.2) is 109 Å². The molecule has 0 radical (unpaired) electrons. The molecule has 92 heavy (non-hydrogen) atoms. The lowest BCUT2D eigenvalue weighted by atomic mass is 9.78. The standard InChI is InChI=1S/C78H90N4O10/c1-73(2,3)51-37-49(38-52(43-51)74(4,5)6)71-61-29-25-57(79-61)69(47-21-19-23-55(41-47)87-33-35-89-65(83)45-67(85)91-77(13,14)15)59-27-31-63(81-59)72(50-39-53(75(7,8)9)44-54(40-50)76(10,11)12)64-32-28-60(82-64)70(58-26-30-62(71)80-58)48-22-20-24-56(42-48)88-34-36-90-66(84)46-68(86)92-78(16,17)18/h19-32,37-44,79,82H,33-36,45-46H2,1-18H3. The van der Waals surface area contributed by atoms with E-state index in [0.717, 1.165) is 78.0 Å². The molecule has 9 rings (SSSR count). The summed E-state index contributed by atoms with van der Waals surface area (Å²) >= 11 is 0. The summed E-state index contributed by atoms with van der Waals surface area (Å²) in [5, 5.41) is 0. The van der Waals surface area contributed by atoms with E-state index in [0.29, 0.717) is 22.9 Å². The number of ether oxygens (including phenoxy) is 6. The number of benzene rings is 4. The van der Waals surface area contributed by atoms with Crippen molar-refractivity contribution in [2.75, 3.05) is 26.4 Å². The summed E-state index contributed by atoms with van der Waals surface area (Å²) in [6, 6.07) is 37.9. The summed E-state index contributed by atoms with van der Waals surface area (Å²) in [7, 11) is 0. The third kappa shape index (κ3) is 16.9. The van der Waals surface area contributed by atoms with Crippen LogP contribution in [0.4, 0.5) is 0 Å². The van der Waals surface area contributed by atoms with E-state index >= 15 is 0 Å². The Kier molecular flexibility index (Phi) is 19.2. The van der Waals surface area contributed by atoms with Crippen LogP contribution in [-0.4, -0.2) is 81.4 Å². The molecule has 0 spiro atoms. The van der Waals surface area contributed by atoms with Crippen LogP contribution in [0.2, 0.25) is 0 Å². The Morgan fingerprint density at radius 3 is 0.924 bits per heavy atom. The van der Waals surface area contributed by atoms with Crippen molar-refractivity contribution in [1.82, 2.24) is 19.9 Å². The van der Waals surface area contributed by atoms with E-state index in [2.05, 4.69) is 178 Å². The average Bonchev–Trinajstić information content (AvgIpc) is 1.56. The largest absolute Gasteiger partial charge is 0.490 e. The normalized spacial score (nSPS) is 12.8. The Hall–Kier alpha value is -9.04. The topological polar surface area (TPSA) is 181 Å². The highest BCUT2D eigenvalue weighted by atomic mass is 16.6. The molecule has 7 aromatic rings. The molecule has 0 fully saturated rings. The third-order valence-corrected chi connectivity index (χ3v) is 15.6. The maximum Gasteiger partial charge on any atom is 0.317 e. The SMILES string of the molecule is CC(C)(C)OC(=O)CC(=O)OCCOc1cccc(-c2c3nc(c(-c4cc(C(C)(C)C)cc(C(C)(C)C)c4)c4ccc([nH]4)c(-c4cccc(OCCOC(=O)CC(=O)OC(C)(C)C)c4)c4nc(c(-c5cc(C(C)(C)C)cc(C(C)(C)C)c5)c5ccc2[nH]5)C=C4)C=C3)c1. The molecular formula is C78H90N4O10. The highest BCUT2D eigenvalue weighted by molar-refractivity contribution is 6.00. The van der Waals surface area contributed by atoms with E-state index < -0.39 is 47.9 Å². The summed E-state index contributed by atoms with van der Waals surface area (Å²) in [5.41, 5.74) is 15.7. The second-order valence-corrected chi connectivity index (χ2v) is 29.8. The van der Waals surface area contributed by atoms with Gasteiger partial charge >= 0.3 is 23.9 Å². The van der Waals surface area contributed by atoms with Crippen molar-refractivity contribution in [3.05, 3.63) is 154 Å². The summed E-state index contributed by atoms with van der Waals surface area (Å²) in [4.78, 5) is 69.2. The molecule has 5 heterocycles. The van der Waals surface area contributed by atoms with Crippen LogP contribution in [0.1, 0.15) is 182 Å². The van der Waals surface area contributed by atoms with Crippen LogP contribution in [0.5, 0.6) is 11.5 Å². The maximum atomic E-state index is 12.7. The van der Waals surface area contributed by atoms with Gasteiger partial charge < -0.3 is 38.4 Å². The molecule has 2 aliphatic rings. The molecule has 0 unspecified atom stereocenters. The van der Waals surface area contributed by atoms with Crippen molar-refractivity contribution < 1.29 is 47.6 Å². The van der Waals surface area contributed by atoms with E-state index in [1.165, 1.54) is 22.3 Å². The Morgan fingerprint density at radius 1 is 0.348 bits per heavy atom. The molecule has 8 bridgehead atoms. The van der Waals surface area contributed by atoms with Gasteiger partial charge in [0.1, 0.15) is 62.0 Å². The molecule has 14 nitrogen and oxygen atoms in total. The summed E-state index contributed by atoms with van der Waals surface area (Å²) in [6.07, 6.45) is 7.33. The lowest BCUT2D eigenvalue weighted by Crippen LogP contribution is -2.26. The number of hydrogen-bond donors (Lipinski definition) is 2. The monoisotopic (exact) mass is 1240 g/mol. The van der Waals surface area contributed by atoms with E-state index in [9.17, 15) is 19.2 Å². The zero-order valence-corrected chi connectivity index (χ0v) is 56.9. The van der Waals surface area contributed by atoms with Gasteiger partial charge in [-0.2, -0.15) is 0 Å². The predicted molar refractivity (Wildman–Crippen MR) is 369 cm³/mol. The molecular weight excluding hydrogens is 1150 g/mol. The lowest BCUT2D eigenvalue weighted by molar-refractivity contribution is -0.163. The molecule has 2 N–H and O–H groups in total. The molecule has 0 saturated carbocycles. The van der Waals surface area contributed by atoms with Gasteiger partial charge in [-0.05, 0) is 181 Å². The second kappa shape index (κ2) is 26.3. The van der Waals surface area contributed by atoms with Crippen molar-refractivity contribution in [2.24, 2.45) is 0 Å². The predicted octanol–water partition coefficient (Wildman–Crippen LogP) is 17.8. The van der Waals surface area contributed by atoms with Crippen molar-refractivity contribution >= 4 is 70.2 Å². The number of nitrogens with one attached hydrogen (secondary N) is 2. The zero-order valence-electron chi connectivity index (χ0n) is 56.9. The minimum Gasteiger partial charge on any atom is -0.490 e. The first-order valence-electron chi connectivity index (χ1n) is 31.7. The van der Waals surface area contributed by atoms with Crippen LogP contribution >= 0.6 is 0 Å². The number of rotatable bonds is 16. The first kappa shape index (κ1) is 67.4. The molecule has 14 heteroatoms. The molecule has 0 amide bonds. The van der Waals surface area contributed by atoms with Gasteiger partial charge in [-0.25, -0.2) is 9.97 Å². The number of fused-ring (bicyclic) bond motifs is 8. The smallest absolute Gasteiger partial charge is 0.317 e. The highest BCUT2D eigenvalue weighted by Gasteiger charge is 2.28. The van der Waals surface area contributed by atoms with Crippen molar-refractivity contribution in [2.45, 2.75) is 170 Å². The van der Waals surface area contributed by atoms with Gasteiger partial charge in [0.15, 0.2) is 0 Å². The lowest BCUT2D eigenvalue weighted by Gasteiger charge is -2.26. The summed E-state index contributed by atoms with van der Waals surface area (Å²) in [5.74, 6) is -1.62. The van der Waals surface area contributed by atoms with Gasteiger partial charge in [0.2, 0.25) is 0 Å². The van der Waals surface area contributed by atoms with Crippen molar-refractivity contribution in [3.63, 3.8) is 0 Å². The molecule has 0 atom stereocenters.